The molecule has 1 aromatic heterocycles. The summed E-state index contributed by atoms with van der Waals surface area (Å²) in [6.07, 6.45) is 3.74. The quantitative estimate of drug-likeness (QED) is 0.460. The number of carboxylic acid groups (broad SMARTS) is 1. The molecule has 0 aliphatic carbocycles. The first-order chi connectivity index (χ1) is 11.5. The van der Waals surface area contributed by atoms with Crippen LogP contribution in [0.2, 0.25) is 0 Å². The van der Waals surface area contributed by atoms with Gasteiger partial charge in [-0.1, -0.05) is 12.1 Å². The molecule has 0 radical (unpaired) electrons. The van der Waals surface area contributed by atoms with Crippen LogP contribution in [0.15, 0.2) is 47.7 Å². The Morgan fingerprint density at radius 2 is 1.83 bits per heavy atom. The highest BCUT2D eigenvalue weighted by atomic mass is 16.4. The Morgan fingerprint density at radius 1 is 1.12 bits per heavy atom. The number of nitrogens with zero attached hydrogens (tertiary/aromatic N) is 2. The first-order valence-electron chi connectivity index (χ1n) is 8.07. The molecule has 0 bridgehead atoms. The molecule has 2 aromatic rings. The summed E-state index contributed by atoms with van der Waals surface area (Å²) in [5.41, 5.74) is 7.96. The Balaban J connectivity index is 2.10. The fourth-order valence-corrected chi connectivity index (χ4v) is 2.51. The number of hydrogen-bond donors (Lipinski definition) is 1. The number of hydrazone groups is 1. The molecule has 0 atom stereocenters. The van der Waals surface area contributed by atoms with Crippen LogP contribution in [0.5, 0.6) is 0 Å². The van der Waals surface area contributed by atoms with Crippen LogP contribution in [-0.4, -0.2) is 16.7 Å². The Hall–Kier alpha value is -2.69. The fraction of sp³-hybridized carbons (Fsp3) is 0.316. The van der Waals surface area contributed by atoms with Gasteiger partial charge >= 0.3 is 0 Å². The molecule has 0 aliphatic rings. The second-order valence-electron chi connectivity index (χ2n) is 5.84. The summed E-state index contributed by atoms with van der Waals surface area (Å²) in [5, 5.41) is 15.0. The molecular weight excluding hydrogens is 302 g/mol. The van der Waals surface area contributed by atoms with Crippen molar-refractivity contribution in [2.45, 2.75) is 39.5 Å². The maximum atomic E-state index is 10.5. The lowest BCUT2D eigenvalue weighted by atomic mass is 10.1. The third kappa shape index (κ3) is 5.83. The van der Waals surface area contributed by atoms with Crippen molar-refractivity contribution in [2.24, 2.45) is 5.10 Å². The number of benzene rings is 1. The van der Waals surface area contributed by atoms with Crippen molar-refractivity contribution in [3.63, 3.8) is 0 Å². The number of unbranched alkanes of at least 4 members (excludes halogenated alkanes) is 1. The number of carbonyl (C=O) groups is 1. The fourth-order valence-electron chi connectivity index (χ4n) is 2.51. The highest BCUT2D eigenvalue weighted by Crippen LogP contribution is 2.15. The first-order valence-corrected chi connectivity index (χ1v) is 8.07. The molecule has 0 saturated heterocycles. The van der Waals surface area contributed by atoms with E-state index in [0.29, 0.717) is 12.8 Å². The molecule has 5 nitrogen and oxygen atoms in total. The second kappa shape index (κ2) is 8.82. The lowest BCUT2D eigenvalue weighted by Gasteiger charge is -2.09. The van der Waals surface area contributed by atoms with E-state index in [-0.39, 0.29) is 6.42 Å². The van der Waals surface area contributed by atoms with E-state index >= 15 is 0 Å². The molecule has 126 valence electrons. The predicted octanol–water partition coefficient (Wildman–Crippen LogP) is 2.82. The van der Waals surface area contributed by atoms with Crippen LogP contribution in [0.4, 0.5) is 5.69 Å². The number of pyridine rings is 1. The maximum absolute atomic E-state index is 10.5. The molecule has 0 amide bonds. The average Bonchev–Trinajstić information content (AvgIpc) is 2.54. The Bertz CT molecular complexity index is 692. The normalized spacial score (nSPS) is 11.3. The first kappa shape index (κ1) is 17.7. The summed E-state index contributed by atoms with van der Waals surface area (Å²) in [4.78, 5) is 14.9. The summed E-state index contributed by atoms with van der Waals surface area (Å²) in [7, 11) is 0. The van der Waals surface area contributed by atoms with Crippen LogP contribution in [-0.2, 0) is 4.79 Å². The molecule has 0 saturated carbocycles. The molecule has 0 spiro atoms. The second-order valence-corrected chi connectivity index (χ2v) is 5.84. The molecule has 0 unspecified atom stereocenters. The van der Waals surface area contributed by atoms with Crippen LogP contribution in [0.25, 0.3) is 0 Å². The van der Waals surface area contributed by atoms with E-state index in [1.165, 1.54) is 11.1 Å². The predicted molar refractivity (Wildman–Crippen MR) is 93.8 cm³/mol. The third-order valence-corrected chi connectivity index (χ3v) is 3.55. The van der Waals surface area contributed by atoms with E-state index in [4.69, 9.17) is 0 Å². The topological polar surface area (TPSA) is 77.4 Å². The Labute approximate surface area is 142 Å². The number of rotatable bonds is 8. The van der Waals surface area contributed by atoms with E-state index in [1.54, 1.807) is 6.20 Å². The largest absolute Gasteiger partial charge is 0.550 e. The third-order valence-electron chi connectivity index (χ3n) is 3.55. The van der Waals surface area contributed by atoms with Crippen molar-refractivity contribution in [1.82, 2.24) is 4.98 Å². The molecule has 1 aromatic carbocycles. The van der Waals surface area contributed by atoms with E-state index in [9.17, 15) is 9.90 Å². The number of hydrogen-bond acceptors (Lipinski definition) is 5. The van der Waals surface area contributed by atoms with Gasteiger partial charge in [0.15, 0.2) is 0 Å². The minimum Gasteiger partial charge on any atom is -0.550 e. The van der Waals surface area contributed by atoms with Gasteiger partial charge in [-0.05, 0) is 74.9 Å². The van der Waals surface area contributed by atoms with Crippen LogP contribution < -0.4 is 10.5 Å². The molecule has 1 heterocycles. The molecule has 0 fully saturated rings. The van der Waals surface area contributed by atoms with Crippen molar-refractivity contribution in [2.75, 3.05) is 5.43 Å². The average molecular weight is 324 g/mol. The number of aliphatic carboxylic acids is 1. The van der Waals surface area contributed by atoms with Gasteiger partial charge in [0.25, 0.3) is 0 Å². The number of carbonyl (C=O) groups excluding carboxylic acids is 1. The van der Waals surface area contributed by atoms with Crippen LogP contribution in [0, 0.1) is 13.8 Å². The van der Waals surface area contributed by atoms with Gasteiger partial charge in [0.2, 0.25) is 0 Å². The minimum atomic E-state index is -1.01. The van der Waals surface area contributed by atoms with Gasteiger partial charge in [-0.15, -0.1) is 0 Å². The van der Waals surface area contributed by atoms with Gasteiger partial charge < -0.3 is 9.90 Å². The van der Waals surface area contributed by atoms with E-state index in [1.807, 2.05) is 44.2 Å². The zero-order valence-corrected chi connectivity index (χ0v) is 14.1. The summed E-state index contributed by atoms with van der Waals surface area (Å²) >= 11 is 0. The summed E-state index contributed by atoms with van der Waals surface area (Å²) < 4.78 is 0. The number of carboxylic acids is 1. The highest BCUT2D eigenvalue weighted by molar-refractivity contribution is 5.99. The molecule has 2 rings (SSSR count). The van der Waals surface area contributed by atoms with Crippen molar-refractivity contribution in [3.05, 3.63) is 59.4 Å². The van der Waals surface area contributed by atoms with Crippen molar-refractivity contribution in [1.29, 1.82) is 0 Å². The molecule has 1 N–H and O–H groups in total. The smallest absolute Gasteiger partial charge is 0.0863 e. The molecular formula is C19H22N3O2-. The van der Waals surface area contributed by atoms with Gasteiger partial charge in [-0.2, -0.15) is 5.10 Å². The van der Waals surface area contributed by atoms with Gasteiger partial charge in [-0.3, -0.25) is 10.4 Å². The number of aryl methyl sites for hydroxylation is 2. The summed E-state index contributed by atoms with van der Waals surface area (Å²) in [5.74, 6) is -1.01. The lowest BCUT2D eigenvalue weighted by molar-refractivity contribution is -0.305. The molecule has 24 heavy (non-hydrogen) atoms. The van der Waals surface area contributed by atoms with Gasteiger partial charge in [0.1, 0.15) is 0 Å². The Morgan fingerprint density at radius 3 is 2.46 bits per heavy atom. The maximum Gasteiger partial charge on any atom is 0.0863 e. The number of anilines is 1. The minimum absolute atomic E-state index is 0.0694. The van der Waals surface area contributed by atoms with Crippen molar-refractivity contribution >= 4 is 17.4 Å². The van der Waals surface area contributed by atoms with E-state index in [0.717, 1.165) is 23.5 Å². The zero-order chi connectivity index (χ0) is 17.4. The van der Waals surface area contributed by atoms with E-state index < -0.39 is 5.97 Å². The van der Waals surface area contributed by atoms with Crippen molar-refractivity contribution < 1.29 is 9.90 Å². The summed E-state index contributed by atoms with van der Waals surface area (Å²) in [6, 6.07) is 11.8. The van der Waals surface area contributed by atoms with Crippen LogP contribution >= 0.6 is 0 Å². The van der Waals surface area contributed by atoms with Gasteiger partial charge in [0, 0.05) is 12.2 Å². The van der Waals surface area contributed by atoms with E-state index in [2.05, 4.69) is 21.6 Å². The van der Waals surface area contributed by atoms with Crippen LogP contribution in [0.1, 0.15) is 42.5 Å². The number of aromatic nitrogens is 1. The monoisotopic (exact) mass is 324 g/mol. The zero-order valence-electron chi connectivity index (χ0n) is 14.1. The molecule has 0 aliphatic heterocycles. The highest BCUT2D eigenvalue weighted by Gasteiger charge is 2.05. The van der Waals surface area contributed by atoms with Crippen LogP contribution in [0.3, 0.4) is 0 Å². The molecule has 5 heteroatoms. The van der Waals surface area contributed by atoms with Crippen molar-refractivity contribution in [3.8, 4) is 0 Å². The summed E-state index contributed by atoms with van der Waals surface area (Å²) in [6.45, 7) is 4.09. The van der Waals surface area contributed by atoms with Gasteiger partial charge in [-0.25, -0.2) is 0 Å². The standard InChI is InChI=1S/C19H23N3O2/c1-14-11-15(2)13-16(12-14)21-22-18(8-3-4-9-19(23)24)17-7-5-6-10-20-17/h5-7,10-13,21H,3-4,8-9H2,1-2H3,(H,23,24)/p-1. The SMILES string of the molecule is Cc1cc(C)cc(NN=C(CCCCC(=O)[O-])c2ccccn2)c1. The Kier molecular flexibility index (Phi) is 6.49. The number of nitrogens with one attached hydrogen (secondary N) is 1. The lowest BCUT2D eigenvalue weighted by Crippen LogP contribution is -2.21. The van der Waals surface area contributed by atoms with Gasteiger partial charge in [0.05, 0.1) is 17.1 Å².